The summed E-state index contributed by atoms with van der Waals surface area (Å²) in [7, 11) is -5.20. The van der Waals surface area contributed by atoms with Crippen molar-refractivity contribution in [3.8, 4) is 0 Å². The molecule has 3 atom stereocenters. The van der Waals surface area contributed by atoms with Crippen LogP contribution in [-0.2, 0) is 4.79 Å². The average Bonchev–Trinajstić information content (AvgIpc) is 3.85. The minimum absolute atomic E-state index is 0.0478. The Morgan fingerprint density at radius 3 is 1.26 bits per heavy atom. The van der Waals surface area contributed by atoms with Gasteiger partial charge in [0.1, 0.15) is 0 Å². The van der Waals surface area contributed by atoms with Crippen molar-refractivity contribution in [3.63, 3.8) is 0 Å². The van der Waals surface area contributed by atoms with Gasteiger partial charge in [0.05, 0.1) is 0 Å². The molecule has 2 fully saturated rings. The molecule has 0 saturated carbocycles. The van der Waals surface area contributed by atoms with Crippen molar-refractivity contribution in [3.05, 3.63) is 182 Å². The summed E-state index contributed by atoms with van der Waals surface area (Å²) >= 11 is 1.95. The topological polar surface area (TPSA) is 61.4 Å². The second-order valence-electron chi connectivity index (χ2n) is 15.8. The summed E-state index contributed by atoms with van der Waals surface area (Å²) in [6.07, 6.45) is 5.07. The molecule has 5 nitrogen and oxygen atoms in total. The van der Waals surface area contributed by atoms with E-state index < -0.39 is 14.5 Å². The van der Waals surface area contributed by atoms with Crippen molar-refractivity contribution in [2.45, 2.75) is 43.0 Å². The molecule has 3 unspecified atom stereocenters. The molecule has 298 valence electrons. The third-order valence-electron chi connectivity index (χ3n) is 12.5. The van der Waals surface area contributed by atoms with Crippen LogP contribution in [0, 0.1) is 0 Å². The Bertz CT molecular complexity index is 1890. The third kappa shape index (κ3) is 8.53. The number of hydrogen-bond acceptors (Lipinski definition) is 3. The predicted molar refractivity (Wildman–Crippen MR) is 253 cm³/mol. The number of rotatable bonds is 17. The van der Waals surface area contributed by atoms with Gasteiger partial charge in [-0.25, -0.2) is 4.79 Å². The number of hydrogen-bond donors (Lipinski definition) is 2. The van der Waals surface area contributed by atoms with Gasteiger partial charge < -0.3 is 0 Å². The number of unbranched alkanes of at least 4 members (excludes halogenated alkanes) is 1. The van der Waals surface area contributed by atoms with Crippen LogP contribution in [0.15, 0.2) is 182 Å². The molecule has 6 aromatic carbocycles. The fourth-order valence-electron chi connectivity index (χ4n) is 9.59. The SMILES string of the molecule is O=C1NC2CSC(CCCCC(=O)N(CC[PH](c3ccccc3)(c3ccccc3)c3ccccc3)CC[PH](c3ccccc3)(c3ccccc3)c3ccccc3)C2N1. The Balaban J connectivity index is 1.13. The van der Waals surface area contributed by atoms with E-state index in [4.69, 9.17) is 0 Å². The van der Waals surface area contributed by atoms with E-state index in [-0.39, 0.29) is 24.0 Å². The Labute approximate surface area is 349 Å². The van der Waals surface area contributed by atoms with Crippen molar-refractivity contribution < 1.29 is 9.59 Å². The second kappa shape index (κ2) is 18.9. The summed E-state index contributed by atoms with van der Waals surface area (Å²) in [6, 6.07) is 66.8. The number of thioether (sulfide) groups is 1. The summed E-state index contributed by atoms with van der Waals surface area (Å²) in [5.41, 5.74) is 0. The van der Waals surface area contributed by atoms with Crippen LogP contribution >= 0.6 is 26.3 Å². The summed E-state index contributed by atoms with van der Waals surface area (Å²) in [5.74, 6) is 1.19. The number of urea groups is 1. The van der Waals surface area contributed by atoms with Crippen molar-refractivity contribution in [1.82, 2.24) is 15.5 Å². The van der Waals surface area contributed by atoms with Gasteiger partial charge in [-0.05, 0) is 0 Å². The second-order valence-corrected chi connectivity index (χ2v) is 25.1. The van der Waals surface area contributed by atoms with E-state index >= 15 is 0 Å². The van der Waals surface area contributed by atoms with Crippen molar-refractivity contribution >= 4 is 70.1 Å². The molecule has 0 radical (unpaired) electrons. The monoisotopic (exact) mass is 823 g/mol. The quantitative estimate of drug-likeness (QED) is 0.0593. The fraction of sp³-hybridized carbons (Fsp3) is 0.240. The van der Waals surface area contributed by atoms with Crippen LogP contribution in [0.1, 0.15) is 25.7 Å². The van der Waals surface area contributed by atoms with Gasteiger partial charge in [-0.1, -0.05) is 0 Å². The Morgan fingerprint density at radius 2 is 0.897 bits per heavy atom. The van der Waals surface area contributed by atoms with Crippen molar-refractivity contribution in [2.75, 3.05) is 31.2 Å². The molecule has 0 bridgehead atoms. The molecule has 0 spiro atoms. The van der Waals surface area contributed by atoms with Crippen LogP contribution in [0.2, 0.25) is 0 Å². The number of carbonyl (C=O) groups is 2. The summed E-state index contributed by atoms with van der Waals surface area (Å²) in [4.78, 5) is 29.2. The van der Waals surface area contributed by atoms with E-state index in [0.717, 1.165) is 37.3 Å². The zero-order chi connectivity index (χ0) is 39.6. The molecule has 2 heterocycles. The van der Waals surface area contributed by atoms with Crippen LogP contribution in [0.3, 0.4) is 0 Å². The number of fused-ring (bicyclic) bond motifs is 1. The number of carbonyl (C=O) groups excluding carboxylic acids is 2. The molecule has 2 aliphatic heterocycles. The van der Waals surface area contributed by atoms with Gasteiger partial charge in [0, 0.05) is 0 Å². The first-order valence-electron chi connectivity index (χ1n) is 20.9. The zero-order valence-electron chi connectivity index (χ0n) is 33.1. The maximum absolute atomic E-state index is 14.9. The van der Waals surface area contributed by atoms with Crippen LogP contribution < -0.4 is 42.5 Å². The van der Waals surface area contributed by atoms with Crippen molar-refractivity contribution in [2.24, 2.45) is 0 Å². The van der Waals surface area contributed by atoms with Gasteiger partial charge >= 0.3 is 347 Å². The number of benzene rings is 6. The first-order chi connectivity index (χ1) is 28.6. The Kier molecular flexibility index (Phi) is 13.1. The summed E-state index contributed by atoms with van der Waals surface area (Å²) < 4.78 is 0. The molecular weight excluding hydrogens is 769 g/mol. The molecule has 3 amide bonds. The van der Waals surface area contributed by atoms with Gasteiger partial charge in [0.15, 0.2) is 0 Å². The normalized spacial score (nSPS) is 18.1. The van der Waals surface area contributed by atoms with Crippen LogP contribution in [0.5, 0.6) is 0 Å². The Hall–Kier alpha value is -4.73. The fourth-order valence-corrected chi connectivity index (χ4v) is 20.6. The van der Waals surface area contributed by atoms with Crippen LogP contribution in [0.4, 0.5) is 4.79 Å². The van der Waals surface area contributed by atoms with Crippen LogP contribution in [0.25, 0.3) is 0 Å². The molecule has 2 saturated heterocycles. The zero-order valence-corrected chi connectivity index (χ0v) is 35.9. The van der Waals surface area contributed by atoms with Gasteiger partial charge in [-0.2, -0.15) is 0 Å². The molecule has 2 aliphatic rings. The van der Waals surface area contributed by atoms with Crippen LogP contribution in [-0.4, -0.2) is 65.3 Å². The molecule has 58 heavy (non-hydrogen) atoms. The van der Waals surface area contributed by atoms with E-state index in [1.807, 2.05) is 11.8 Å². The minimum atomic E-state index is -2.60. The number of nitrogens with zero attached hydrogens (tertiary/aromatic N) is 1. The molecular formula is C50H55N3O2P2S. The Morgan fingerprint density at radius 1 is 0.534 bits per heavy atom. The number of amides is 3. The van der Waals surface area contributed by atoms with E-state index in [1.54, 1.807) is 0 Å². The molecule has 8 rings (SSSR count). The van der Waals surface area contributed by atoms with Gasteiger partial charge in [0.2, 0.25) is 0 Å². The summed E-state index contributed by atoms with van der Waals surface area (Å²) in [6.45, 7) is 1.35. The molecule has 0 aliphatic carbocycles. The van der Waals surface area contributed by atoms with Gasteiger partial charge in [-0.15, -0.1) is 0 Å². The molecule has 2 N–H and O–H groups in total. The first-order valence-corrected chi connectivity index (χ1v) is 26.3. The molecule has 8 heteroatoms. The molecule has 0 aromatic heterocycles. The summed E-state index contributed by atoms with van der Waals surface area (Å²) in [5, 5.41) is 14.8. The van der Waals surface area contributed by atoms with E-state index in [0.29, 0.717) is 24.8 Å². The predicted octanol–water partition coefficient (Wildman–Crippen LogP) is 6.99. The first kappa shape index (κ1) is 40.1. The van der Waals surface area contributed by atoms with E-state index in [9.17, 15) is 9.59 Å². The average molecular weight is 824 g/mol. The van der Waals surface area contributed by atoms with E-state index in [2.05, 4.69) is 198 Å². The third-order valence-corrected chi connectivity index (χ3v) is 23.9. The maximum atomic E-state index is 14.9. The number of nitrogens with one attached hydrogen (secondary N) is 2. The van der Waals surface area contributed by atoms with Gasteiger partial charge in [-0.3, -0.25) is 0 Å². The van der Waals surface area contributed by atoms with E-state index in [1.165, 1.54) is 31.8 Å². The standard InChI is InChI=1S/C50H55N3O2P2S/c54-48(34-20-19-33-47-49-46(39-58-47)51-50(55)52-49)53(35-37-56(40-21-7-1-8-22-40,41-23-9-2-10-24-41)42-25-11-3-12-26-42)36-38-57(43-27-13-4-14-28-43,44-29-15-5-16-30-44)45-31-17-6-18-32-45/h1-18,21-32,46-47,49,56-57H,19-20,33-39H2,(H2,51,52,55). The van der Waals surface area contributed by atoms with Crippen molar-refractivity contribution in [1.29, 1.82) is 0 Å². The molecule has 6 aromatic rings. The van der Waals surface area contributed by atoms with Gasteiger partial charge in [0.25, 0.3) is 0 Å².